The van der Waals surface area contributed by atoms with E-state index in [0.717, 1.165) is 0 Å². The van der Waals surface area contributed by atoms with Gasteiger partial charge in [0.2, 0.25) is 0 Å². The highest BCUT2D eigenvalue weighted by Gasteiger charge is 2.41. The number of fused-ring (bicyclic) bond motifs is 3. The van der Waals surface area contributed by atoms with E-state index in [1.54, 1.807) is 38.5 Å². The minimum Gasteiger partial charge on any atom is -0.0616 e. The van der Waals surface area contributed by atoms with Crippen LogP contribution >= 0.6 is 0 Å². The molecule has 0 N–H and O–H groups in total. The zero-order chi connectivity index (χ0) is 15.9. The Kier molecular flexibility index (Phi) is 3.58. The molecule has 0 unspecified atom stereocenters. The zero-order valence-corrected chi connectivity index (χ0v) is 14.3. The first-order chi connectivity index (χ1) is 11.8. The largest absolute Gasteiger partial charge is 0.0616 e. The van der Waals surface area contributed by atoms with E-state index in [-0.39, 0.29) is 0 Å². The molecule has 4 fully saturated rings. The van der Waals surface area contributed by atoms with Crippen molar-refractivity contribution in [2.45, 2.75) is 38.5 Å². The van der Waals surface area contributed by atoms with E-state index < -0.39 is 0 Å². The molecule has 122 valence electrons. The van der Waals surface area contributed by atoms with Crippen LogP contribution in [-0.4, -0.2) is 0 Å². The Morgan fingerprint density at radius 1 is 0.417 bits per heavy atom. The summed E-state index contributed by atoms with van der Waals surface area (Å²) in [5, 5.41) is 5.30. The highest BCUT2D eigenvalue weighted by Crippen LogP contribution is 2.53. The minimum atomic E-state index is 1.18. The predicted octanol–water partition coefficient (Wildman–Crippen LogP) is 6.83. The molecule has 4 bridgehead atoms. The summed E-state index contributed by atoms with van der Waals surface area (Å²) < 4.78 is 0. The Hall–Kier alpha value is -1.82. The van der Waals surface area contributed by atoms with Gasteiger partial charge in [0.25, 0.3) is 0 Å². The summed E-state index contributed by atoms with van der Waals surface area (Å²) in [6.07, 6.45) is 9.62. The van der Waals surface area contributed by atoms with Crippen LogP contribution in [0.25, 0.3) is 21.5 Å². The molecular formula is C24H26. The van der Waals surface area contributed by atoms with E-state index >= 15 is 0 Å². The standard InChI is InChI=1S/C14H10.C10H16/c1-3-7-13-11(5-1)9-10-12-6-2-4-8-14(12)13;1-7-2-9-4-8(1)5-10(3-7)6-9/h1-10H;7-10H,1-6H2. The maximum atomic E-state index is 2.18. The molecule has 0 heterocycles. The fraction of sp³-hybridized carbons (Fsp3) is 0.417. The van der Waals surface area contributed by atoms with Crippen molar-refractivity contribution in [1.82, 2.24) is 0 Å². The smallest absolute Gasteiger partial charge is 0.0105 e. The maximum absolute atomic E-state index is 2.18. The van der Waals surface area contributed by atoms with Crippen LogP contribution in [-0.2, 0) is 0 Å². The van der Waals surface area contributed by atoms with Gasteiger partial charge in [-0.05, 0) is 83.7 Å². The van der Waals surface area contributed by atoms with E-state index in [2.05, 4.69) is 60.7 Å². The highest BCUT2D eigenvalue weighted by atomic mass is 14.5. The van der Waals surface area contributed by atoms with Crippen molar-refractivity contribution in [3.63, 3.8) is 0 Å². The van der Waals surface area contributed by atoms with E-state index in [4.69, 9.17) is 0 Å². The van der Waals surface area contributed by atoms with Crippen LogP contribution in [0.4, 0.5) is 0 Å². The van der Waals surface area contributed by atoms with Gasteiger partial charge in [0.05, 0.1) is 0 Å². The Morgan fingerprint density at radius 3 is 1.12 bits per heavy atom. The maximum Gasteiger partial charge on any atom is -0.0105 e. The van der Waals surface area contributed by atoms with E-state index in [1.807, 2.05) is 0 Å². The molecule has 4 saturated carbocycles. The van der Waals surface area contributed by atoms with E-state index in [9.17, 15) is 0 Å². The van der Waals surface area contributed by atoms with Crippen LogP contribution in [0.2, 0.25) is 0 Å². The van der Waals surface area contributed by atoms with Gasteiger partial charge in [-0.15, -0.1) is 0 Å². The molecule has 3 aromatic rings. The van der Waals surface area contributed by atoms with Gasteiger partial charge < -0.3 is 0 Å². The molecule has 0 saturated heterocycles. The number of rotatable bonds is 0. The molecule has 0 aromatic heterocycles. The van der Waals surface area contributed by atoms with Gasteiger partial charge in [-0.25, -0.2) is 0 Å². The van der Waals surface area contributed by atoms with Crippen LogP contribution < -0.4 is 0 Å². The number of hydrogen-bond donors (Lipinski definition) is 0. The molecule has 0 atom stereocenters. The summed E-state index contributed by atoms with van der Waals surface area (Å²) >= 11 is 0. The lowest BCUT2D eigenvalue weighted by Crippen LogP contribution is -2.38. The third-order valence-electron chi connectivity index (χ3n) is 6.65. The molecule has 4 aliphatic carbocycles. The number of benzene rings is 3. The molecule has 24 heavy (non-hydrogen) atoms. The number of hydrogen-bond acceptors (Lipinski definition) is 0. The fourth-order valence-corrected chi connectivity index (χ4v) is 5.94. The van der Waals surface area contributed by atoms with Crippen LogP contribution in [0.5, 0.6) is 0 Å². The first-order valence-electron chi connectivity index (χ1n) is 9.71. The normalized spacial score (nSPS) is 30.3. The van der Waals surface area contributed by atoms with Crippen molar-refractivity contribution in [3.8, 4) is 0 Å². The van der Waals surface area contributed by atoms with Gasteiger partial charge in [-0.2, -0.15) is 0 Å². The quantitative estimate of drug-likeness (QED) is 0.399. The molecule has 0 spiro atoms. The van der Waals surface area contributed by atoms with E-state index in [0.29, 0.717) is 0 Å². The first-order valence-corrected chi connectivity index (χ1v) is 9.71. The highest BCUT2D eigenvalue weighted by molar-refractivity contribution is 6.07. The van der Waals surface area contributed by atoms with Gasteiger partial charge in [-0.1, -0.05) is 60.7 Å². The monoisotopic (exact) mass is 314 g/mol. The van der Waals surface area contributed by atoms with Crippen LogP contribution in [0, 0.1) is 23.7 Å². The van der Waals surface area contributed by atoms with Crippen LogP contribution in [0.1, 0.15) is 38.5 Å². The average molecular weight is 314 g/mol. The Balaban J connectivity index is 0.000000115. The van der Waals surface area contributed by atoms with Gasteiger partial charge in [-0.3, -0.25) is 0 Å². The second kappa shape index (κ2) is 5.92. The first kappa shape index (κ1) is 14.5. The summed E-state index contributed by atoms with van der Waals surface area (Å²) in [5.74, 6) is 4.71. The molecule has 4 aliphatic rings. The Labute approximate surface area is 144 Å². The van der Waals surface area contributed by atoms with Crippen molar-refractivity contribution >= 4 is 21.5 Å². The summed E-state index contributed by atoms with van der Waals surface area (Å²) in [4.78, 5) is 0. The lowest BCUT2D eigenvalue weighted by Gasteiger charge is -2.49. The second-order valence-electron chi connectivity index (χ2n) is 8.39. The zero-order valence-electron chi connectivity index (χ0n) is 14.3. The van der Waals surface area contributed by atoms with Crippen molar-refractivity contribution in [1.29, 1.82) is 0 Å². The minimum absolute atomic E-state index is 1.18. The Morgan fingerprint density at radius 2 is 0.750 bits per heavy atom. The SMILES string of the molecule is C1C2CC3CC1CC(C2)C3.c1ccc2c(c1)ccc1ccccc12. The lowest BCUT2D eigenvalue weighted by molar-refractivity contribution is 0.0198. The molecule has 0 amide bonds. The van der Waals surface area contributed by atoms with Crippen molar-refractivity contribution in [2.24, 2.45) is 23.7 Å². The van der Waals surface area contributed by atoms with Gasteiger partial charge in [0.1, 0.15) is 0 Å². The lowest BCUT2D eigenvalue weighted by atomic mass is 9.56. The second-order valence-corrected chi connectivity index (χ2v) is 8.39. The van der Waals surface area contributed by atoms with Crippen molar-refractivity contribution < 1.29 is 0 Å². The third-order valence-corrected chi connectivity index (χ3v) is 6.65. The molecule has 0 heteroatoms. The van der Waals surface area contributed by atoms with Gasteiger partial charge in [0.15, 0.2) is 0 Å². The van der Waals surface area contributed by atoms with E-state index in [1.165, 1.54) is 45.2 Å². The molecule has 0 aliphatic heterocycles. The van der Waals surface area contributed by atoms with Crippen molar-refractivity contribution in [2.75, 3.05) is 0 Å². The van der Waals surface area contributed by atoms with Gasteiger partial charge >= 0.3 is 0 Å². The van der Waals surface area contributed by atoms with Crippen LogP contribution in [0.15, 0.2) is 60.7 Å². The Bertz CT molecular complexity index is 749. The fourth-order valence-electron chi connectivity index (χ4n) is 5.94. The topological polar surface area (TPSA) is 0 Å². The molecular weight excluding hydrogens is 288 g/mol. The van der Waals surface area contributed by atoms with Crippen LogP contribution in [0.3, 0.4) is 0 Å². The van der Waals surface area contributed by atoms with Gasteiger partial charge in [0, 0.05) is 0 Å². The molecule has 7 rings (SSSR count). The average Bonchev–Trinajstić information content (AvgIpc) is 2.61. The van der Waals surface area contributed by atoms with Crippen molar-refractivity contribution in [3.05, 3.63) is 60.7 Å². The molecule has 0 nitrogen and oxygen atoms in total. The third kappa shape index (κ3) is 2.62. The molecule has 3 aromatic carbocycles. The predicted molar refractivity (Wildman–Crippen MR) is 103 cm³/mol. The summed E-state index contributed by atoms with van der Waals surface area (Å²) in [6.45, 7) is 0. The summed E-state index contributed by atoms with van der Waals surface area (Å²) in [5.41, 5.74) is 0. The summed E-state index contributed by atoms with van der Waals surface area (Å²) in [6, 6.07) is 21.4. The molecule has 0 radical (unpaired) electrons. The summed E-state index contributed by atoms with van der Waals surface area (Å²) in [7, 11) is 0.